The van der Waals surface area contributed by atoms with Crippen molar-refractivity contribution in [2.75, 3.05) is 18.9 Å². The van der Waals surface area contributed by atoms with Crippen molar-refractivity contribution in [3.05, 3.63) is 83.9 Å². The first-order valence-corrected chi connectivity index (χ1v) is 11.0. The van der Waals surface area contributed by atoms with Gasteiger partial charge in [-0.3, -0.25) is 9.52 Å². The molecular weight excluding hydrogens is 416 g/mol. The van der Waals surface area contributed by atoms with Crippen molar-refractivity contribution in [1.82, 2.24) is 5.32 Å². The first-order chi connectivity index (χ1) is 14.8. The average Bonchev–Trinajstić information content (AvgIpc) is 2.79. The van der Waals surface area contributed by atoms with Crippen LogP contribution in [0.1, 0.15) is 28.9 Å². The number of amides is 1. The lowest BCUT2D eigenvalue weighted by Gasteiger charge is -2.18. The Bertz CT molecular complexity index is 1150. The molecule has 0 aliphatic rings. The zero-order chi connectivity index (χ0) is 22.4. The molecule has 2 N–H and O–H groups in total. The third-order valence-electron chi connectivity index (χ3n) is 4.70. The fraction of sp³-hybridized carbons (Fsp3) is 0.174. The molecule has 0 bridgehead atoms. The molecule has 3 aromatic rings. The molecule has 31 heavy (non-hydrogen) atoms. The Hall–Kier alpha value is -3.52. The summed E-state index contributed by atoms with van der Waals surface area (Å²) in [6.07, 6.45) is 0. The Labute approximate surface area is 182 Å². The lowest BCUT2D eigenvalue weighted by molar-refractivity contribution is 0.0939. The van der Waals surface area contributed by atoms with Crippen molar-refractivity contribution >= 4 is 21.6 Å². The van der Waals surface area contributed by atoms with Gasteiger partial charge in [0.15, 0.2) is 0 Å². The van der Waals surface area contributed by atoms with Crippen LogP contribution in [0.3, 0.4) is 0 Å². The van der Waals surface area contributed by atoms with E-state index in [1.807, 2.05) is 13.0 Å². The maximum absolute atomic E-state index is 12.7. The van der Waals surface area contributed by atoms with E-state index >= 15 is 0 Å². The molecule has 0 spiro atoms. The van der Waals surface area contributed by atoms with Crippen LogP contribution >= 0.6 is 0 Å². The molecule has 162 valence electrons. The predicted octanol–water partition coefficient (Wildman–Crippen LogP) is 4.00. The maximum Gasteiger partial charge on any atom is 0.261 e. The summed E-state index contributed by atoms with van der Waals surface area (Å²) >= 11 is 0. The predicted molar refractivity (Wildman–Crippen MR) is 119 cm³/mol. The molecule has 0 fully saturated rings. The first-order valence-electron chi connectivity index (χ1n) is 9.55. The number of anilines is 1. The molecule has 0 heterocycles. The minimum atomic E-state index is -3.69. The Balaban J connectivity index is 1.71. The SMILES string of the molecule is COc1ccc(OC)c(C(C)NC(=O)c2ccc(NS(=O)(=O)c3ccccc3)cc2)c1. The van der Waals surface area contributed by atoms with E-state index in [2.05, 4.69) is 10.0 Å². The second kappa shape index (κ2) is 9.53. The number of nitrogens with one attached hydrogen (secondary N) is 2. The molecule has 1 atom stereocenters. The van der Waals surface area contributed by atoms with Crippen molar-refractivity contribution in [2.45, 2.75) is 17.9 Å². The van der Waals surface area contributed by atoms with E-state index < -0.39 is 10.0 Å². The molecule has 0 aliphatic heterocycles. The molecule has 0 saturated heterocycles. The third kappa shape index (κ3) is 5.35. The Morgan fingerprint density at radius 1 is 0.903 bits per heavy atom. The maximum atomic E-state index is 12.7. The monoisotopic (exact) mass is 440 g/mol. The highest BCUT2D eigenvalue weighted by atomic mass is 32.2. The van der Waals surface area contributed by atoms with Gasteiger partial charge >= 0.3 is 0 Å². The smallest absolute Gasteiger partial charge is 0.261 e. The molecule has 0 radical (unpaired) electrons. The number of methoxy groups -OCH3 is 2. The van der Waals surface area contributed by atoms with Crippen LogP contribution in [0.5, 0.6) is 11.5 Å². The zero-order valence-electron chi connectivity index (χ0n) is 17.5. The van der Waals surface area contributed by atoms with Gasteiger partial charge in [0.1, 0.15) is 11.5 Å². The van der Waals surface area contributed by atoms with Gasteiger partial charge in [-0.1, -0.05) is 18.2 Å². The first kappa shape index (κ1) is 22.2. The molecule has 7 nitrogen and oxygen atoms in total. The van der Waals surface area contributed by atoms with Crippen LogP contribution in [0, 0.1) is 0 Å². The summed E-state index contributed by atoms with van der Waals surface area (Å²) in [6.45, 7) is 1.84. The Kier molecular flexibility index (Phi) is 6.81. The van der Waals surface area contributed by atoms with E-state index in [0.717, 1.165) is 5.56 Å². The molecule has 1 unspecified atom stereocenters. The Morgan fingerprint density at radius 2 is 1.58 bits per heavy atom. The summed E-state index contributed by atoms with van der Waals surface area (Å²) < 4.78 is 38.0. The van der Waals surface area contributed by atoms with Crippen LogP contribution in [-0.4, -0.2) is 28.5 Å². The lowest BCUT2D eigenvalue weighted by Crippen LogP contribution is -2.27. The van der Waals surface area contributed by atoms with Crippen LogP contribution < -0.4 is 19.5 Å². The second-order valence-electron chi connectivity index (χ2n) is 6.80. The largest absolute Gasteiger partial charge is 0.497 e. The third-order valence-corrected chi connectivity index (χ3v) is 6.10. The fourth-order valence-electron chi connectivity index (χ4n) is 3.04. The molecule has 0 aromatic heterocycles. The van der Waals surface area contributed by atoms with E-state index in [9.17, 15) is 13.2 Å². The summed E-state index contributed by atoms with van der Waals surface area (Å²) in [5.74, 6) is 1.00. The second-order valence-corrected chi connectivity index (χ2v) is 8.48. The summed E-state index contributed by atoms with van der Waals surface area (Å²) in [4.78, 5) is 12.8. The van der Waals surface area contributed by atoms with Crippen LogP contribution in [0.2, 0.25) is 0 Å². The molecular formula is C23H24N2O5S. The normalized spacial score (nSPS) is 12.0. The van der Waals surface area contributed by atoms with Crippen LogP contribution in [0.25, 0.3) is 0 Å². The summed E-state index contributed by atoms with van der Waals surface area (Å²) in [6, 6.07) is 19.3. The molecule has 8 heteroatoms. The molecule has 1 amide bonds. The highest BCUT2D eigenvalue weighted by Crippen LogP contribution is 2.29. The quantitative estimate of drug-likeness (QED) is 0.552. The van der Waals surface area contributed by atoms with Gasteiger partial charge in [-0.05, 0) is 61.5 Å². The average molecular weight is 441 g/mol. The number of benzene rings is 3. The summed E-state index contributed by atoms with van der Waals surface area (Å²) in [5.41, 5.74) is 1.54. The zero-order valence-corrected chi connectivity index (χ0v) is 18.3. The van der Waals surface area contributed by atoms with Crippen molar-refractivity contribution in [1.29, 1.82) is 0 Å². The Morgan fingerprint density at radius 3 is 2.19 bits per heavy atom. The summed E-state index contributed by atoms with van der Waals surface area (Å²) in [7, 11) is -0.556. The van der Waals surface area contributed by atoms with Gasteiger partial charge in [-0.15, -0.1) is 0 Å². The summed E-state index contributed by atoms with van der Waals surface area (Å²) in [5, 5.41) is 2.92. The topological polar surface area (TPSA) is 93.7 Å². The number of carbonyl (C=O) groups excluding carboxylic acids is 1. The molecule has 3 rings (SSSR count). The number of sulfonamides is 1. The molecule has 0 aliphatic carbocycles. The molecule has 3 aromatic carbocycles. The highest BCUT2D eigenvalue weighted by Gasteiger charge is 2.17. The number of hydrogen-bond donors (Lipinski definition) is 2. The van der Waals surface area contributed by atoms with E-state index in [0.29, 0.717) is 22.7 Å². The van der Waals surface area contributed by atoms with Crippen LogP contribution in [-0.2, 0) is 10.0 Å². The number of rotatable bonds is 8. The number of ether oxygens (including phenoxy) is 2. The highest BCUT2D eigenvalue weighted by molar-refractivity contribution is 7.92. The minimum absolute atomic E-state index is 0.165. The van der Waals surface area contributed by atoms with Gasteiger partial charge < -0.3 is 14.8 Å². The number of hydrogen-bond acceptors (Lipinski definition) is 5. The van der Waals surface area contributed by atoms with Crippen LogP contribution in [0.15, 0.2) is 77.7 Å². The van der Waals surface area contributed by atoms with Crippen molar-refractivity contribution in [3.63, 3.8) is 0 Å². The van der Waals surface area contributed by atoms with Crippen molar-refractivity contribution in [2.24, 2.45) is 0 Å². The van der Waals surface area contributed by atoms with E-state index in [1.54, 1.807) is 68.8 Å². The van der Waals surface area contributed by atoms with Gasteiger partial charge in [-0.25, -0.2) is 8.42 Å². The van der Waals surface area contributed by atoms with Gasteiger partial charge in [-0.2, -0.15) is 0 Å². The lowest BCUT2D eigenvalue weighted by atomic mass is 10.1. The van der Waals surface area contributed by atoms with Gasteiger partial charge in [0.2, 0.25) is 0 Å². The standard InChI is InChI=1S/C23H24N2O5S/c1-16(21-15-19(29-2)13-14-22(21)30-3)24-23(26)17-9-11-18(12-10-17)25-31(27,28)20-7-5-4-6-8-20/h4-16,25H,1-3H3,(H,24,26). The fourth-order valence-corrected chi connectivity index (χ4v) is 4.12. The van der Waals surface area contributed by atoms with E-state index in [1.165, 1.54) is 12.1 Å². The van der Waals surface area contributed by atoms with Gasteiger partial charge in [0.05, 0.1) is 25.2 Å². The van der Waals surface area contributed by atoms with Gasteiger partial charge in [0.25, 0.3) is 15.9 Å². The van der Waals surface area contributed by atoms with Gasteiger partial charge in [0, 0.05) is 16.8 Å². The molecule has 0 saturated carbocycles. The van der Waals surface area contributed by atoms with Crippen LogP contribution in [0.4, 0.5) is 5.69 Å². The van der Waals surface area contributed by atoms with Crippen molar-refractivity contribution in [3.8, 4) is 11.5 Å². The van der Waals surface area contributed by atoms with E-state index in [4.69, 9.17) is 9.47 Å². The van der Waals surface area contributed by atoms with E-state index in [-0.39, 0.29) is 16.8 Å². The number of carbonyl (C=O) groups is 1. The minimum Gasteiger partial charge on any atom is -0.497 e. The van der Waals surface area contributed by atoms with Crippen molar-refractivity contribution < 1.29 is 22.7 Å².